The Hall–Kier alpha value is -2.54. The van der Waals surface area contributed by atoms with Crippen LogP contribution in [0, 0.1) is 5.82 Å². The van der Waals surface area contributed by atoms with E-state index >= 15 is 0 Å². The van der Waals surface area contributed by atoms with Gasteiger partial charge in [-0.3, -0.25) is 4.68 Å². The molecule has 0 aliphatic heterocycles. The maximum absolute atomic E-state index is 13.3. The van der Waals surface area contributed by atoms with E-state index in [9.17, 15) is 9.60 Å². The van der Waals surface area contributed by atoms with Gasteiger partial charge in [-0.15, -0.1) is 5.10 Å². The minimum atomic E-state index is -0.412. The van der Waals surface area contributed by atoms with Crippen LogP contribution in [0.25, 0.3) is 0 Å². The maximum Gasteiger partial charge on any atom is 0.203 e. The molecular weight excluding hydrogens is 491 g/mol. The normalized spacial score (nSPS) is 11.6. The molecule has 2 heterocycles. The standard InChI is InChI=1S/C14H13Br2FN8O2/c15-6-9-7-25(24-20-9)4-3-18-13-12(22-27-23-13)14(21-26)19-8-1-2-11(17)10(16)5-8/h1-2,5,7,26H,3-4,6H2,(H,18,23)(H,19,21). The van der Waals surface area contributed by atoms with Crippen LogP contribution in [0.5, 0.6) is 0 Å². The molecule has 10 nitrogen and oxygen atoms in total. The van der Waals surface area contributed by atoms with Crippen LogP contribution in [0.1, 0.15) is 11.4 Å². The van der Waals surface area contributed by atoms with Crippen molar-refractivity contribution >= 4 is 49.2 Å². The molecule has 0 aliphatic carbocycles. The van der Waals surface area contributed by atoms with Crippen LogP contribution in [0.15, 0.2) is 38.7 Å². The van der Waals surface area contributed by atoms with Crippen molar-refractivity contribution in [3.05, 3.63) is 46.1 Å². The Labute approximate surface area is 169 Å². The largest absolute Gasteiger partial charge is 0.409 e. The number of amidine groups is 1. The molecule has 0 saturated carbocycles. The van der Waals surface area contributed by atoms with E-state index in [2.05, 4.69) is 68.3 Å². The molecular formula is C14H13Br2FN8O2. The van der Waals surface area contributed by atoms with E-state index in [1.165, 1.54) is 18.2 Å². The molecule has 0 radical (unpaired) electrons. The highest BCUT2D eigenvalue weighted by atomic mass is 79.9. The lowest BCUT2D eigenvalue weighted by molar-refractivity contribution is 0.305. The molecule has 142 valence electrons. The molecule has 3 aromatic rings. The number of alkyl halides is 1. The van der Waals surface area contributed by atoms with Gasteiger partial charge in [-0.25, -0.2) is 9.02 Å². The zero-order valence-electron chi connectivity index (χ0n) is 13.6. The highest BCUT2D eigenvalue weighted by Gasteiger charge is 2.18. The molecule has 13 heteroatoms. The van der Waals surface area contributed by atoms with Gasteiger partial charge in [0.15, 0.2) is 5.69 Å². The number of aromatic nitrogens is 5. The molecule has 2 aromatic heterocycles. The zero-order valence-corrected chi connectivity index (χ0v) is 16.8. The third-order valence-corrected chi connectivity index (χ3v) is 4.53. The molecule has 1 aromatic carbocycles. The Morgan fingerprint density at radius 1 is 1.37 bits per heavy atom. The molecule has 0 saturated heterocycles. The third kappa shape index (κ3) is 4.80. The lowest BCUT2D eigenvalue weighted by atomic mass is 10.3. The molecule has 0 bridgehead atoms. The highest BCUT2D eigenvalue weighted by molar-refractivity contribution is 9.10. The first kappa shape index (κ1) is 19.2. The SMILES string of the molecule is ON=C(Nc1ccc(F)c(Br)c1)c1nonc1NCCn1cc(CBr)nn1. The molecule has 3 rings (SSSR count). The molecule has 0 atom stereocenters. The summed E-state index contributed by atoms with van der Waals surface area (Å²) in [7, 11) is 0. The number of benzene rings is 1. The van der Waals surface area contributed by atoms with Gasteiger partial charge >= 0.3 is 0 Å². The van der Waals surface area contributed by atoms with Crippen molar-refractivity contribution in [2.75, 3.05) is 17.2 Å². The second kappa shape index (κ2) is 8.90. The minimum absolute atomic E-state index is 0.0143. The summed E-state index contributed by atoms with van der Waals surface area (Å²) >= 11 is 6.40. The van der Waals surface area contributed by atoms with Crippen LogP contribution in [-0.2, 0) is 11.9 Å². The number of halogens is 3. The van der Waals surface area contributed by atoms with Crippen LogP contribution in [0.3, 0.4) is 0 Å². The Kier molecular flexibility index (Phi) is 6.34. The number of rotatable bonds is 7. The van der Waals surface area contributed by atoms with Crippen LogP contribution in [0.2, 0.25) is 0 Å². The predicted molar refractivity (Wildman–Crippen MR) is 101 cm³/mol. The van der Waals surface area contributed by atoms with Crippen molar-refractivity contribution in [1.82, 2.24) is 25.3 Å². The summed E-state index contributed by atoms with van der Waals surface area (Å²) in [5.74, 6) is -0.151. The summed E-state index contributed by atoms with van der Waals surface area (Å²) in [4.78, 5) is 0. The fraction of sp³-hybridized carbons (Fsp3) is 0.214. The summed E-state index contributed by atoms with van der Waals surface area (Å²) in [6, 6.07) is 4.24. The van der Waals surface area contributed by atoms with E-state index < -0.39 is 5.82 Å². The maximum atomic E-state index is 13.3. The third-order valence-electron chi connectivity index (χ3n) is 3.35. The van der Waals surface area contributed by atoms with Gasteiger partial charge in [0.05, 0.1) is 16.7 Å². The first-order valence-electron chi connectivity index (χ1n) is 7.56. The van der Waals surface area contributed by atoms with Crippen molar-refractivity contribution in [2.24, 2.45) is 5.16 Å². The van der Waals surface area contributed by atoms with Crippen LogP contribution >= 0.6 is 31.9 Å². The average molecular weight is 504 g/mol. The van der Waals surface area contributed by atoms with Gasteiger partial charge in [0.1, 0.15) is 5.82 Å². The van der Waals surface area contributed by atoms with Crippen LogP contribution in [0.4, 0.5) is 15.9 Å². The number of nitrogens with one attached hydrogen (secondary N) is 2. The smallest absolute Gasteiger partial charge is 0.203 e. The molecule has 0 amide bonds. The van der Waals surface area contributed by atoms with Crippen molar-refractivity contribution in [3.8, 4) is 0 Å². The minimum Gasteiger partial charge on any atom is -0.409 e. The Morgan fingerprint density at radius 3 is 2.93 bits per heavy atom. The van der Waals surface area contributed by atoms with Crippen LogP contribution < -0.4 is 10.6 Å². The predicted octanol–water partition coefficient (Wildman–Crippen LogP) is 2.82. The second-order valence-electron chi connectivity index (χ2n) is 5.20. The summed E-state index contributed by atoms with van der Waals surface area (Å²) < 4.78 is 20.0. The molecule has 0 fully saturated rings. The van der Waals surface area contributed by atoms with Gasteiger partial charge in [0, 0.05) is 23.8 Å². The lowest BCUT2D eigenvalue weighted by Gasteiger charge is -2.08. The van der Waals surface area contributed by atoms with Crippen LogP contribution in [-0.4, -0.2) is 42.9 Å². The average Bonchev–Trinajstić information content (AvgIpc) is 3.32. The fourth-order valence-electron chi connectivity index (χ4n) is 2.10. The fourth-order valence-corrected chi connectivity index (χ4v) is 2.74. The van der Waals surface area contributed by atoms with E-state index in [-0.39, 0.29) is 21.8 Å². The summed E-state index contributed by atoms with van der Waals surface area (Å²) in [5, 5.41) is 34.4. The van der Waals surface area contributed by atoms with E-state index in [0.29, 0.717) is 24.1 Å². The second-order valence-corrected chi connectivity index (χ2v) is 6.61. The van der Waals surface area contributed by atoms with E-state index in [4.69, 9.17) is 4.63 Å². The first-order chi connectivity index (χ1) is 13.1. The van der Waals surface area contributed by atoms with Gasteiger partial charge < -0.3 is 15.8 Å². The van der Waals surface area contributed by atoms with Crippen molar-refractivity contribution in [2.45, 2.75) is 11.9 Å². The Balaban J connectivity index is 1.65. The number of anilines is 2. The van der Waals surface area contributed by atoms with E-state index in [1.807, 2.05) is 6.20 Å². The molecule has 3 N–H and O–H groups in total. The van der Waals surface area contributed by atoms with Gasteiger partial charge in [-0.05, 0) is 44.4 Å². The van der Waals surface area contributed by atoms with Gasteiger partial charge in [0.25, 0.3) is 0 Å². The zero-order chi connectivity index (χ0) is 19.2. The van der Waals surface area contributed by atoms with Crippen molar-refractivity contribution in [1.29, 1.82) is 0 Å². The summed E-state index contributed by atoms with van der Waals surface area (Å²) in [5.41, 5.74) is 1.47. The summed E-state index contributed by atoms with van der Waals surface area (Å²) in [6.45, 7) is 0.976. The first-order valence-corrected chi connectivity index (χ1v) is 9.48. The Morgan fingerprint density at radius 2 is 2.22 bits per heavy atom. The van der Waals surface area contributed by atoms with Gasteiger partial charge in [-0.1, -0.05) is 26.3 Å². The molecule has 0 aliphatic rings. The molecule has 0 spiro atoms. The quantitative estimate of drug-likeness (QED) is 0.148. The van der Waals surface area contributed by atoms with Gasteiger partial charge in [0.2, 0.25) is 11.7 Å². The lowest BCUT2D eigenvalue weighted by Crippen LogP contribution is -2.18. The van der Waals surface area contributed by atoms with Gasteiger partial charge in [-0.2, -0.15) is 0 Å². The topological polar surface area (TPSA) is 126 Å². The van der Waals surface area contributed by atoms with Crippen molar-refractivity contribution in [3.63, 3.8) is 0 Å². The molecule has 27 heavy (non-hydrogen) atoms. The molecule has 0 unspecified atom stereocenters. The number of hydrogen-bond acceptors (Lipinski definition) is 8. The van der Waals surface area contributed by atoms with Crippen molar-refractivity contribution < 1.29 is 14.2 Å². The number of hydrogen-bond donors (Lipinski definition) is 3. The highest BCUT2D eigenvalue weighted by Crippen LogP contribution is 2.21. The summed E-state index contributed by atoms with van der Waals surface area (Å²) in [6.07, 6.45) is 1.81. The Bertz CT molecular complexity index is 945. The monoisotopic (exact) mass is 502 g/mol. The van der Waals surface area contributed by atoms with E-state index in [1.54, 1.807) is 4.68 Å². The number of nitrogens with zero attached hydrogens (tertiary/aromatic N) is 6. The number of oxime groups is 1. The van der Waals surface area contributed by atoms with E-state index in [0.717, 1.165) is 5.69 Å².